The summed E-state index contributed by atoms with van der Waals surface area (Å²) >= 11 is 0. The Morgan fingerprint density at radius 1 is 1.07 bits per heavy atom. The lowest BCUT2D eigenvalue weighted by Crippen LogP contribution is -2.49. The Hall–Kier alpha value is -4.77. The van der Waals surface area contributed by atoms with Gasteiger partial charge < -0.3 is 30.2 Å². The minimum absolute atomic E-state index is 0.0552. The number of carbonyl (C=O) groups excluding carboxylic acids is 2. The molecule has 1 aromatic carbocycles. The number of pyridine rings is 1. The summed E-state index contributed by atoms with van der Waals surface area (Å²) in [5, 5.41) is 7.31. The number of piperidine rings is 1. The lowest BCUT2D eigenvalue weighted by atomic mass is 10.0. The highest BCUT2D eigenvalue weighted by atomic mass is 16.5. The Balaban J connectivity index is 1.09. The number of aromatic amines is 1. The summed E-state index contributed by atoms with van der Waals surface area (Å²) in [6.45, 7) is 8.15. The number of morpholine rings is 1. The number of benzene rings is 1. The van der Waals surface area contributed by atoms with Gasteiger partial charge in [0.2, 0.25) is 5.91 Å². The molecule has 2 fully saturated rings. The summed E-state index contributed by atoms with van der Waals surface area (Å²) in [6, 6.07) is 13.8. The molecule has 1 atom stereocenters. The van der Waals surface area contributed by atoms with E-state index in [1.807, 2.05) is 18.2 Å². The molecule has 216 valence electrons. The van der Waals surface area contributed by atoms with Crippen molar-refractivity contribution in [3.63, 3.8) is 0 Å². The van der Waals surface area contributed by atoms with Crippen LogP contribution in [0.4, 0.5) is 11.5 Å². The number of nitrogens with zero attached hydrogens (tertiary/aromatic N) is 5. The number of aromatic nitrogens is 4. The Kier molecular flexibility index (Phi) is 8.09. The first kappa shape index (κ1) is 27.4. The van der Waals surface area contributed by atoms with E-state index in [9.17, 15) is 9.59 Å². The zero-order valence-corrected chi connectivity index (χ0v) is 23.4. The Labute approximate surface area is 244 Å². The van der Waals surface area contributed by atoms with Crippen molar-refractivity contribution in [1.29, 1.82) is 0 Å². The highest BCUT2D eigenvalue weighted by molar-refractivity contribution is 5.94. The largest absolute Gasteiger partial charge is 0.379 e. The third kappa shape index (κ3) is 6.10. The van der Waals surface area contributed by atoms with Crippen molar-refractivity contribution in [1.82, 2.24) is 30.2 Å². The molecule has 6 rings (SSSR count). The number of H-pyrrole nitrogens is 1. The number of ether oxygens (including phenoxy) is 1. The van der Waals surface area contributed by atoms with E-state index in [0.717, 1.165) is 65.4 Å². The Morgan fingerprint density at radius 3 is 2.71 bits per heavy atom. The van der Waals surface area contributed by atoms with Gasteiger partial charge in [0.25, 0.3) is 5.91 Å². The van der Waals surface area contributed by atoms with Crippen LogP contribution in [0.25, 0.3) is 22.3 Å². The molecule has 11 heteroatoms. The molecule has 2 aliphatic rings. The molecule has 0 radical (unpaired) electrons. The molecule has 5 heterocycles. The standard InChI is InChI=1S/C31H34N8O3/c1-2-28(40)36-24-4-3-11-39(19-24)31(41)22-9-10-32-25(16-22)18-33-23-7-5-21(6-8-23)27-17-26-29(37-27)34-20-35-30(26)38-12-14-42-15-13-38/h2,5-10,16-17,20,24,33H,1,3-4,11-15,18-19H2,(H,36,40)(H,34,35,37)/t24-/m1/s1. The number of nitrogens with one attached hydrogen (secondary N) is 3. The molecule has 11 nitrogen and oxygen atoms in total. The number of hydrogen-bond acceptors (Lipinski definition) is 8. The highest BCUT2D eigenvalue weighted by Gasteiger charge is 2.25. The van der Waals surface area contributed by atoms with Crippen LogP contribution in [-0.2, 0) is 16.1 Å². The van der Waals surface area contributed by atoms with Gasteiger partial charge in [-0.25, -0.2) is 9.97 Å². The fourth-order valence-electron chi connectivity index (χ4n) is 5.50. The first-order valence-electron chi connectivity index (χ1n) is 14.3. The predicted octanol–water partition coefficient (Wildman–Crippen LogP) is 3.38. The first-order valence-corrected chi connectivity index (χ1v) is 14.3. The summed E-state index contributed by atoms with van der Waals surface area (Å²) in [6.07, 6.45) is 6.21. The molecule has 0 aliphatic carbocycles. The van der Waals surface area contributed by atoms with Crippen LogP contribution in [0.15, 0.2) is 67.6 Å². The van der Waals surface area contributed by atoms with Crippen molar-refractivity contribution in [2.75, 3.05) is 49.6 Å². The van der Waals surface area contributed by atoms with E-state index in [0.29, 0.717) is 38.4 Å². The van der Waals surface area contributed by atoms with Crippen LogP contribution in [-0.4, -0.2) is 82.1 Å². The number of likely N-dealkylation sites (tertiary alicyclic amines) is 1. The molecule has 0 spiro atoms. The molecule has 2 amide bonds. The number of carbonyl (C=O) groups is 2. The lowest BCUT2D eigenvalue weighted by molar-refractivity contribution is -0.117. The van der Waals surface area contributed by atoms with Gasteiger partial charge in [-0.05, 0) is 54.8 Å². The van der Waals surface area contributed by atoms with E-state index in [-0.39, 0.29) is 17.9 Å². The second-order valence-electron chi connectivity index (χ2n) is 10.5. The molecule has 42 heavy (non-hydrogen) atoms. The second kappa shape index (κ2) is 12.4. The van der Waals surface area contributed by atoms with Crippen LogP contribution in [0.2, 0.25) is 0 Å². The second-order valence-corrected chi connectivity index (χ2v) is 10.5. The Bertz CT molecular complexity index is 1580. The summed E-state index contributed by atoms with van der Waals surface area (Å²) in [4.78, 5) is 45.8. The summed E-state index contributed by atoms with van der Waals surface area (Å²) in [5.41, 5.74) is 5.13. The molecule has 2 aliphatic heterocycles. The summed E-state index contributed by atoms with van der Waals surface area (Å²) < 4.78 is 5.49. The van der Waals surface area contributed by atoms with E-state index in [4.69, 9.17) is 4.74 Å². The number of hydrogen-bond donors (Lipinski definition) is 3. The molecule has 0 saturated carbocycles. The van der Waals surface area contributed by atoms with Gasteiger partial charge in [0.1, 0.15) is 17.8 Å². The van der Waals surface area contributed by atoms with Gasteiger partial charge in [-0.1, -0.05) is 18.7 Å². The van der Waals surface area contributed by atoms with E-state index >= 15 is 0 Å². The molecule has 3 aromatic heterocycles. The monoisotopic (exact) mass is 566 g/mol. The smallest absolute Gasteiger partial charge is 0.254 e. The highest BCUT2D eigenvalue weighted by Crippen LogP contribution is 2.29. The summed E-state index contributed by atoms with van der Waals surface area (Å²) in [7, 11) is 0. The minimum atomic E-state index is -0.215. The maximum absolute atomic E-state index is 13.2. The summed E-state index contributed by atoms with van der Waals surface area (Å²) in [5.74, 6) is 0.658. The van der Waals surface area contributed by atoms with Crippen molar-refractivity contribution >= 4 is 34.4 Å². The van der Waals surface area contributed by atoms with Gasteiger partial charge in [-0.15, -0.1) is 0 Å². The first-order chi connectivity index (χ1) is 20.6. The van der Waals surface area contributed by atoms with E-state index in [2.05, 4.69) is 60.2 Å². The van der Waals surface area contributed by atoms with Crippen molar-refractivity contribution < 1.29 is 14.3 Å². The molecule has 0 bridgehead atoms. The average molecular weight is 567 g/mol. The van der Waals surface area contributed by atoms with Crippen molar-refractivity contribution in [3.05, 3.63) is 78.9 Å². The van der Waals surface area contributed by atoms with Gasteiger partial charge >= 0.3 is 0 Å². The van der Waals surface area contributed by atoms with Gasteiger partial charge in [-0.2, -0.15) is 0 Å². The van der Waals surface area contributed by atoms with Crippen molar-refractivity contribution in [2.45, 2.75) is 25.4 Å². The van der Waals surface area contributed by atoms with Crippen LogP contribution < -0.4 is 15.5 Å². The maximum Gasteiger partial charge on any atom is 0.254 e. The average Bonchev–Trinajstić information content (AvgIpc) is 3.49. The fraction of sp³-hybridized carbons (Fsp3) is 0.323. The molecule has 3 N–H and O–H groups in total. The quantitative estimate of drug-likeness (QED) is 0.277. The van der Waals surface area contributed by atoms with Crippen molar-refractivity contribution in [3.8, 4) is 11.3 Å². The van der Waals surface area contributed by atoms with Crippen LogP contribution in [0.5, 0.6) is 0 Å². The predicted molar refractivity (Wildman–Crippen MR) is 161 cm³/mol. The lowest BCUT2D eigenvalue weighted by Gasteiger charge is -2.33. The molecular formula is C31H34N8O3. The minimum Gasteiger partial charge on any atom is -0.379 e. The number of rotatable bonds is 8. The third-order valence-corrected chi connectivity index (χ3v) is 7.69. The van der Waals surface area contributed by atoms with Crippen LogP contribution in [0, 0.1) is 0 Å². The van der Waals surface area contributed by atoms with Gasteiger partial charge in [0, 0.05) is 55.4 Å². The van der Waals surface area contributed by atoms with Crippen LogP contribution in [0.3, 0.4) is 0 Å². The van der Waals surface area contributed by atoms with Crippen molar-refractivity contribution in [2.24, 2.45) is 0 Å². The number of anilines is 2. The van der Waals surface area contributed by atoms with E-state index in [1.165, 1.54) is 6.08 Å². The molecule has 2 saturated heterocycles. The number of amides is 2. The SMILES string of the molecule is C=CC(=O)N[C@@H]1CCCN(C(=O)c2ccnc(CNc3ccc(-c4cc5c(N6CCOCC6)ncnc5[nH]4)cc3)c2)C1. The van der Waals surface area contributed by atoms with Crippen LogP contribution >= 0.6 is 0 Å². The third-order valence-electron chi connectivity index (χ3n) is 7.69. The zero-order valence-electron chi connectivity index (χ0n) is 23.4. The van der Waals surface area contributed by atoms with Gasteiger partial charge in [0.05, 0.1) is 30.8 Å². The zero-order chi connectivity index (χ0) is 28.9. The topological polar surface area (TPSA) is 128 Å². The van der Waals surface area contributed by atoms with E-state index in [1.54, 1.807) is 23.5 Å². The van der Waals surface area contributed by atoms with Gasteiger partial charge in [-0.3, -0.25) is 14.6 Å². The molecule has 4 aromatic rings. The maximum atomic E-state index is 13.2. The Morgan fingerprint density at radius 2 is 1.90 bits per heavy atom. The number of fused-ring (bicyclic) bond motifs is 1. The normalized spacial score (nSPS) is 17.2. The molecule has 0 unspecified atom stereocenters. The fourth-order valence-corrected chi connectivity index (χ4v) is 5.50. The van der Waals surface area contributed by atoms with E-state index < -0.39 is 0 Å². The van der Waals surface area contributed by atoms with Gasteiger partial charge in [0.15, 0.2) is 0 Å². The molecular weight excluding hydrogens is 532 g/mol. The van der Waals surface area contributed by atoms with Crippen LogP contribution in [0.1, 0.15) is 28.9 Å².